The predicted octanol–water partition coefficient (Wildman–Crippen LogP) is 2.78. The highest BCUT2D eigenvalue weighted by Gasteiger charge is 2.16. The SMILES string of the molecule is CN=C(NCc1ccc(CN2CCC(O)CC2)cc1)NCC(C)Oc1ccccc1OC. The van der Waals surface area contributed by atoms with Crippen molar-refractivity contribution in [3.63, 3.8) is 0 Å². The topological polar surface area (TPSA) is 78.4 Å². The van der Waals surface area contributed by atoms with Crippen molar-refractivity contribution in [2.24, 2.45) is 4.99 Å². The molecule has 2 aromatic carbocycles. The summed E-state index contributed by atoms with van der Waals surface area (Å²) in [7, 11) is 3.40. The van der Waals surface area contributed by atoms with Crippen molar-refractivity contribution in [2.45, 2.75) is 45.1 Å². The van der Waals surface area contributed by atoms with E-state index in [-0.39, 0.29) is 12.2 Å². The van der Waals surface area contributed by atoms with E-state index < -0.39 is 0 Å². The Morgan fingerprint density at radius 3 is 2.38 bits per heavy atom. The molecule has 0 saturated carbocycles. The van der Waals surface area contributed by atoms with E-state index in [2.05, 4.69) is 44.8 Å². The summed E-state index contributed by atoms with van der Waals surface area (Å²) in [6.45, 7) is 6.18. The normalized spacial score (nSPS) is 16.4. The molecular formula is C25H36N4O3. The lowest BCUT2D eigenvalue weighted by atomic mass is 10.1. The van der Waals surface area contributed by atoms with Crippen LogP contribution < -0.4 is 20.1 Å². The Labute approximate surface area is 191 Å². The first-order valence-electron chi connectivity index (χ1n) is 11.3. The van der Waals surface area contributed by atoms with Crippen LogP contribution in [0.5, 0.6) is 11.5 Å². The fourth-order valence-corrected chi connectivity index (χ4v) is 3.72. The second-order valence-corrected chi connectivity index (χ2v) is 8.21. The summed E-state index contributed by atoms with van der Waals surface area (Å²) in [6, 6.07) is 16.3. The van der Waals surface area contributed by atoms with Crippen LogP contribution in [0.25, 0.3) is 0 Å². The number of para-hydroxylation sites is 2. The number of aliphatic imine (C=N–C) groups is 1. The van der Waals surface area contributed by atoms with E-state index in [1.807, 2.05) is 31.2 Å². The van der Waals surface area contributed by atoms with Crippen LogP contribution in [-0.4, -0.2) is 62.0 Å². The highest BCUT2D eigenvalue weighted by molar-refractivity contribution is 5.79. The standard InChI is InChI=1S/C25H36N4O3/c1-19(32-24-7-5-4-6-23(24)31-3)16-27-25(26-2)28-17-20-8-10-21(11-9-20)18-29-14-12-22(30)13-15-29/h4-11,19,22,30H,12-18H2,1-3H3,(H2,26,27,28). The number of hydrogen-bond acceptors (Lipinski definition) is 5. The van der Waals surface area contributed by atoms with Gasteiger partial charge in [0.1, 0.15) is 6.10 Å². The molecule has 1 saturated heterocycles. The Kier molecular flexibility index (Phi) is 9.19. The fourth-order valence-electron chi connectivity index (χ4n) is 3.72. The van der Waals surface area contributed by atoms with Gasteiger partial charge in [-0.15, -0.1) is 0 Å². The minimum absolute atomic E-state index is 0.0555. The minimum Gasteiger partial charge on any atom is -0.493 e. The van der Waals surface area contributed by atoms with Gasteiger partial charge in [-0.05, 0) is 43.0 Å². The molecule has 174 valence electrons. The summed E-state index contributed by atoms with van der Waals surface area (Å²) in [5.74, 6) is 2.19. The zero-order valence-electron chi connectivity index (χ0n) is 19.4. The molecule has 1 fully saturated rings. The van der Waals surface area contributed by atoms with Crippen molar-refractivity contribution >= 4 is 5.96 Å². The number of methoxy groups -OCH3 is 1. The molecular weight excluding hydrogens is 404 g/mol. The lowest BCUT2D eigenvalue weighted by Crippen LogP contribution is -2.41. The number of benzene rings is 2. The number of hydrogen-bond donors (Lipinski definition) is 3. The largest absolute Gasteiger partial charge is 0.493 e. The maximum absolute atomic E-state index is 9.65. The highest BCUT2D eigenvalue weighted by atomic mass is 16.5. The van der Waals surface area contributed by atoms with Gasteiger partial charge in [-0.2, -0.15) is 0 Å². The first-order valence-corrected chi connectivity index (χ1v) is 11.3. The molecule has 0 spiro atoms. The van der Waals surface area contributed by atoms with Crippen LogP contribution >= 0.6 is 0 Å². The number of rotatable bonds is 9. The second-order valence-electron chi connectivity index (χ2n) is 8.21. The molecule has 0 aliphatic carbocycles. The lowest BCUT2D eigenvalue weighted by molar-refractivity contribution is 0.0792. The van der Waals surface area contributed by atoms with Gasteiger partial charge in [0.2, 0.25) is 0 Å². The molecule has 0 radical (unpaired) electrons. The Bertz CT molecular complexity index is 849. The Balaban J connectivity index is 1.41. The molecule has 2 aromatic rings. The number of ether oxygens (including phenoxy) is 2. The Morgan fingerprint density at radius 2 is 1.72 bits per heavy atom. The summed E-state index contributed by atoms with van der Waals surface area (Å²) < 4.78 is 11.3. The van der Waals surface area contributed by atoms with Gasteiger partial charge >= 0.3 is 0 Å². The summed E-state index contributed by atoms with van der Waals surface area (Å²) in [4.78, 5) is 6.71. The predicted molar refractivity (Wildman–Crippen MR) is 128 cm³/mol. The maximum Gasteiger partial charge on any atom is 0.191 e. The van der Waals surface area contributed by atoms with E-state index in [4.69, 9.17) is 9.47 Å². The average Bonchev–Trinajstić information content (AvgIpc) is 2.82. The number of likely N-dealkylation sites (tertiary alicyclic amines) is 1. The molecule has 1 aliphatic rings. The van der Waals surface area contributed by atoms with Gasteiger partial charge < -0.3 is 25.2 Å². The molecule has 1 aliphatic heterocycles. The summed E-state index contributed by atoms with van der Waals surface area (Å²) in [6.07, 6.45) is 1.56. The Hall–Kier alpha value is -2.77. The van der Waals surface area contributed by atoms with Crippen LogP contribution in [-0.2, 0) is 13.1 Å². The van der Waals surface area contributed by atoms with Crippen molar-refractivity contribution in [2.75, 3.05) is 33.8 Å². The second kappa shape index (κ2) is 12.3. The number of nitrogens with one attached hydrogen (secondary N) is 2. The quantitative estimate of drug-likeness (QED) is 0.411. The van der Waals surface area contributed by atoms with Crippen LogP contribution in [0, 0.1) is 0 Å². The van der Waals surface area contributed by atoms with Gasteiger partial charge in [-0.25, -0.2) is 0 Å². The van der Waals surface area contributed by atoms with Gasteiger partial charge in [-0.1, -0.05) is 36.4 Å². The molecule has 32 heavy (non-hydrogen) atoms. The van der Waals surface area contributed by atoms with E-state index in [0.717, 1.165) is 49.9 Å². The van der Waals surface area contributed by atoms with Crippen LogP contribution in [0.2, 0.25) is 0 Å². The molecule has 3 rings (SSSR count). The molecule has 0 bridgehead atoms. The number of nitrogens with zero attached hydrogens (tertiary/aromatic N) is 2. The van der Waals surface area contributed by atoms with Gasteiger partial charge in [0.15, 0.2) is 17.5 Å². The first kappa shape index (κ1) is 23.9. The molecule has 0 aromatic heterocycles. The van der Waals surface area contributed by atoms with Crippen molar-refractivity contribution in [3.8, 4) is 11.5 Å². The molecule has 7 nitrogen and oxygen atoms in total. The summed E-state index contributed by atoms with van der Waals surface area (Å²) in [5, 5.41) is 16.3. The van der Waals surface area contributed by atoms with Crippen LogP contribution in [0.1, 0.15) is 30.9 Å². The van der Waals surface area contributed by atoms with Crippen molar-refractivity contribution in [3.05, 3.63) is 59.7 Å². The number of aliphatic hydroxyl groups is 1. The summed E-state index contributed by atoms with van der Waals surface area (Å²) in [5.41, 5.74) is 2.50. The lowest BCUT2D eigenvalue weighted by Gasteiger charge is -2.29. The van der Waals surface area contributed by atoms with Crippen LogP contribution in [0.3, 0.4) is 0 Å². The number of guanidine groups is 1. The van der Waals surface area contributed by atoms with Gasteiger partial charge in [0, 0.05) is 33.2 Å². The third kappa shape index (κ3) is 7.43. The smallest absolute Gasteiger partial charge is 0.191 e. The van der Waals surface area contributed by atoms with E-state index >= 15 is 0 Å². The van der Waals surface area contributed by atoms with E-state index in [9.17, 15) is 5.11 Å². The molecule has 0 amide bonds. The first-order chi connectivity index (χ1) is 15.6. The maximum atomic E-state index is 9.65. The van der Waals surface area contributed by atoms with E-state index in [1.165, 1.54) is 11.1 Å². The average molecular weight is 441 g/mol. The van der Waals surface area contributed by atoms with Gasteiger partial charge in [0.05, 0.1) is 19.8 Å². The van der Waals surface area contributed by atoms with E-state index in [1.54, 1.807) is 14.2 Å². The van der Waals surface area contributed by atoms with Crippen molar-refractivity contribution < 1.29 is 14.6 Å². The van der Waals surface area contributed by atoms with Crippen LogP contribution in [0.4, 0.5) is 0 Å². The number of piperidine rings is 1. The molecule has 7 heteroatoms. The van der Waals surface area contributed by atoms with Gasteiger partial charge in [0.25, 0.3) is 0 Å². The zero-order chi connectivity index (χ0) is 22.8. The van der Waals surface area contributed by atoms with E-state index in [0.29, 0.717) is 13.1 Å². The number of aliphatic hydroxyl groups excluding tert-OH is 1. The molecule has 1 heterocycles. The molecule has 3 N–H and O–H groups in total. The monoisotopic (exact) mass is 440 g/mol. The van der Waals surface area contributed by atoms with Crippen LogP contribution in [0.15, 0.2) is 53.5 Å². The summed E-state index contributed by atoms with van der Waals surface area (Å²) >= 11 is 0. The van der Waals surface area contributed by atoms with Crippen molar-refractivity contribution in [1.82, 2.24) is 15.5 Å². The van der Waals surface area contributed by atoms with Gasteiger partial charge in [-0.3, -0.25) is 9.89 Å². The fraction of sp³-hybridized carbons (Fsp3) is 0.480. The third-order valence-electron chi connectivity index (χ3n) is 5.62. The Morgan fingerprint density at radius 1 is 1.06 bits per heavy atom. The highest BCUT2D eigenvalue weighted by Crippen LogP contribution is 2.26. The minimum atomic E-state index is -0.126. The third-order valence-corrected chi connectivity index (χ3v) is 5.62. The molecule has 1 atom stereocenters. The van der Waals surface area contributed by atoms with Crippen molar-refractivity contribution in [1.29, 1.82) is 0 Å². The molecule has 1 unspecified atom stereocenters. The zero-order valence-corrected chi connectivity index (χ0v) is 19.4.